The summed E-state index contributed by atoms with van der Waals surface area (Å²) in [6.45, 7) is 3.10. The quantitative estimate of drug-likeness (QED) is 0.886. The Kier molecular flexibility index (Phi) is 3.58. The smallest absolute Gasteiger partial charge is 0.146 e. The molecule has 0 fully saturated rings. The van der Waals surface area contributed by atoms with Gasteiger partial charge in [-0.3, -0.25) is 4.98 Å². The lowest BCUT2D eigenvalue weighted by molar-refractivity contribution is 0.574. The van der Waals surface area contributed by atoms with Crippen molar-refractivity contribution in [2.45, 2.75) is 20.0 Å². The van der Waals surface area contributed by atoms with Crippen LogP contribution in [-0.4, -0.2) is 9.97 Å². The number of pyridine rings is 1. The first-order valence-electron chi connectivity index (χ1n) is 4.96. The van der Waals surface area contributed by atoms with Gasteiger partial charge < -0.3 is 5.32 Å². The molecule has 0 saturated heterocycles. The third kappa shape index (κ3) is 2.62. The summed E-state index contributed by atoms with van der Waals surface area (Å²) < 4.78 is 13.2. The number of nitrogens with one attached hydrogen (secondary N) is 1. The lowest BCUT2D eigenvalue weighted by Crippen LogP contribution is -2.14. The van der Waals surface area contributed by atoms with E-state index in [9.17, 15) is 4.39 Å². The van der Waals surface area contributed by atoms with Crippen LogP contribution < -0.4 is 5.32 Å². The highest BCUT2D eigenvalue weighted by Gasteiger charge is 2.03. The molecule has 0 aliphatic heterocycles. The van der Waals surface area contributed by atoms with E-state index in [-0.39, 0.29) is 5.82 Å². The standard InChI is InChI=1S/C11H12FN3S/c1-8-11(16-7-15-8)6-13-5-10-9(12)3-2-4-14-10/h2-4,7,13H,5-6H2,1H3. The highest BCUT2D eigenvalue weighted by atomic mass is 32.1. The van der Waals surface area contributed by atoms with Crippen molar-refractivity contribution in [3.8, 4) is 0 Å². The number of nitrogens with zero attached hydrogens (tertiary/aromatic N) is 2. The van der Waals surface area contributed by atoms with Crippen LogP contribution in [0.2, 0.25) is 0 Å². The molecule has 1 N–H and O–H groups in total. The van der Waals surface area contributed by atoms with Crippen LogP contribution in [0.3, 0.4) is 0 Å². The SMILES string of the molecule is Cc1ncsc1CNCc1ncccc1F. The van der Waals surface area contributed by atoms with Crippen LogP contribution in [-0.2, 0) is 13.1 Å². The van der Waals surface area contributed by atoms with E-state index >= 15 is 0 Å². The first-order valence-corrected chi connectivity index (χ1v) is 5.84. The van der Waals surface area contributed by atoms with E-state index < -0.39 is 0 Å². The normalized spacial score (nSPS) is 10.6. The molecule has 3 nitrogen and oxygen atoms in total. The summed E-state index contributed by atoms with van der Waals surface area (Å²) in [6.07, 6.45) is 1.60. The lowest BCUT2D eigenvalue weighted by Gasteiger charge is -2.03. The summed E-state index contributed by atoms with van der Waals surface area (Å²) in [5.41, 5.74) is 3.29. The largest absolute Gasteiger partial charge is 0.306 e. The van der Waals surface area contributed by atoms with Gasteiger partial charge in [-0.05, 0) is 19.1 Å². The van der Waals surface area contributed by atoms with Gasteiger partial charge in [0, 0.05) is 24.2 Å². The molecule has 0 aromatic carbocycles. The molecule has 84 valence electrons. The van der Waals surface area contributed by atoms with Crippen molar-refractivity contribution in [3.63, 3.8) is 0 Å². The van der Waals surface area contributed by atoms with Gasteiger partial charge in [-0.25, -0.2) is 9.37 Å². The van der Waals surface area contributed by atoms with Crippen molar-refractivity contribution in [2.75, 3.05) is 0 Å². The van der Waals surface area contributed by atoms with Gasteiger partial charge in [0.2, 0.25) is 0 Å². The summed E-state index contributed by atoms with van der Waals surface area (Å²) >= 11 is 1.60. The second kappa shape index (κ2) is 5.14. The van der Waals surface area contributed by atoms with E-state index in [0.29, 0.717) is 18.8 Å². The van der Waals surface area contributed by atoms with Crippen LogP contribution in [0.1, 0.15) is 16.3 Å². The summed E-state index contributed by atoms with van der Waals surface area (Å²) in [5.74, 6) is -0.268. The number of aromatic nitrogens is 2. The Morgan fingerprint density at radius 2 is 2.25 bits per heavy atom. The van der Waals surface area contributed by atoms with Gasteiger partial charge in [0.25, 0.3) is 0 Å². The molecule has 0 aliphatic rings. The number of hydrogen-bond donors (Lipinski definition) is 1. The average molecular weight is 237 g/mol. The van der Waals surface area contributed by atoms with Gasteiger partial charge in [-0.2, -0.15) is 0 Å². The fourth-order valence-corrected chi connectivity index (χ4v) is 2.09. The van der Waals surface area contributed by atoms with Crippen molar-refractivity contribution in [1.29, 1.82) is 0 Å². The number of hydrogen-bond acceptors (Lipinski definition) is 4. The van der Waals surface area contributed by atoms with Crippen molar-refractivity contribution in [3.05, 3.63) is 45.9 Å². The lowest BCUT2D eigenvalue weighted by atomic mass is 10.3. The molecule has 0 amide bonds. The van der Waals surface area contributed by atoms with Crippen LogP contribution in [0, 0.1) is 12.7 Å². The minimum Gasteiger partial charge on any atom is -0.306 e. The Balaban J connectivity index is 1.89. The fourth-order valence-electron chi connectivity index (χ4n) is 1.34. The zero-order valence-corrected chi connectivity index (χ0v) is 9.72. The molecule has 0 saturated carbocycles. The van der Waals surface area contributed by atoms with Gasteiger partial charge in [-0.1, -0.05) is 0 Å². The first kappa shape index (κ1) is 11.2. The monoisotopic (exact) mass is 237 g/mol. The van der Waals surface area contributed by atoms with Gasteiger partial charge >= 0.3 is 0 Å². The molecule has 2 aromatic heterocycles. The van der Waals surface area contributed by atoms with E-state index in [2.05, 4.69) is 15.3 Å². The highest BCUT2D eigenvalue weighted by molar-refractivity contribution is 7.09. The number of halogens is 1. The van der Waals surface area contributed by atoms with E-state index in [1.807, 2.05) is 12.4 Å². The summed E-state index contributed by atoms with van der Waals surface area (Å²) in [7, 11) is 0. The van der Waals surface area contributed by atoms with E-state index in [4.69, 9.17) is 0 Å². The Labute approximate surface area is 97.4 Å². The van der Waals surface area contributed by atoms with E-state index in [0.717, 1.165) is 5.69 Å². The second-order valence-corrected chi connectivity index (χ2v) is 4.34. The second-order valence-electron chi connectivity index (χ2n) is 3.40. The molecule has 0 atom stereocenters. The minimum atomic E-state index is -0.268. The van der Waals surface area contributed by atoms with Crippen molar-refractivity contribution < 1.29 is 4.39 Å². The van der Waals surface area contributed by atoms with Crippen molar-refractivity contribution >= 4 is 11.3 Å². The van der Waals surface area contributed by atoms with Crippen molar-refractivity contribution in [2.24, 2.45) is 0 Å². The maximum absolute atomic E-state index is 13.2. The number of rotatable bonds is 4. The van der Waals surface area contributed by atoms with Crippen LogP contribution >= 0.6 is 11.3 Å². The maximum atomic E-state index is 13.2. The Morgan fingerprint density at radius 3 is 2.94 bits per heavy atom. The topological polar surface area (TPSA) is 37.8 Å². The highest BCUT2D eigenvalue weighted by Crippen LogP contribution is 2.11. The summed E-state index contributed by atoms with van der Waals surface area (Å²) in [6, 6.07) is 3.01. The molecule has 0 unspecified atom stereocenters. The Bertz CT molecular complexity index is 470. The molecule has 2 rings (SSSR count). The van der Waals surface area contributed by atoms with Gasteiger partial charge in [0.15, 0.2) is 0 Å². The third-order valence-electron chi connectivity index (χ3n) is 2.26. The molecule has 16 heavy (non-hydrogen) atoms. The van der Waals surface area contributed by atoms with Crippen LogP contribution in [0.25, 0.3) is 0 Å². The molecule has 5 heteroatoms. The van der Waals surface area contributed by atoms with Gasteiger partial charge in [-0.15, -0.1) is 11.3 Å². The third-order valence-corrected chi connectivity index (χ3v) is 3.19. The maximum Gasteiger partial charge on any atom is 0.146 e. The zero-order chi connectivity index (χ0) is 11.4. The molecular formula is C11H12FN3S. The minimum absolute atomic E-state index is 0.268. The zero-order valence-electron chi connectivity index (χ0n) is 8.90. The van der Waals surface area contributed by atoms with Gasteiger partial charge in [0.1, 0.15) is 5.82 Å². The molecule has 0 aliphatic carbocycles. The first-order chi connectivity index (χ1) is 7.77. The average Bonchev–Trinajstić information content (AvgIpc) is 2.67. The molecule has 0 bridgehead atoms. The van der Waals surface area contributed by atoms with Crippen LogP contribution in [0.15, 0.2) is 23.8 Å². The molecule has 2 heterocycles. The molecular weight excluding hydrogens is 225 g/mol. The summed E-state index contributed by atoms with van der Waals surface area (Å²) in [5, 5.41) is 3.15. The Hall–Kier alpha value is -1.33. The van der Waals surface area contributed by atoms with E-state index in [1.165, 1.54) is 10.9 Å². The predicted molar refractivity (Wildman–Crippen MR) is 61.6 cm³/mol. The number of aryl methyl sites for hydroxylation is 1. The van der Waals surface area contributed by atoms with Crippen LogP contribution in [0.4, 0.5) is 4.39 Å². The van der Waals surface area contributed by atoms with E-state index in [1.54, 1.807) is 23.6 Å². The Morgan fingerprint density at radius 1 is 1.38 bits per heavy atom. The van der Waals surface area contributed by atoms with Crippen molar-refractivity contribution in [1.82, 2.24) is 15.3 Å². The number of thiazole rings is 1. The molecule has 0 radical (unpaired) electrons. The fraction of sp³-hybridized carbons (Fsp3) is 0.273. The van der Waals surface area contributed by atoms with Crippen LogP contribution in [0.5, 0.6) is 0 Å². The summed E-state index contributed by atoms with van der Waals surface area (Å²) in [4.78, 5) is 9.30. The van der Waals surface area contributed by atoms with Gasteiger partial charge in [0.05, 0.1) is 16.9 Å². The molecule has 2 aromatic rings. The molecule has 0 spiro atoms. The predicted octanol–water partition coefficient (Wildman–Crippen LogP) is 2.28.